The molecule has 146 valence electrons. The van der Waals surface area contributed by atoms with Crippen LogP contribution in [0.25, 0.3) is 0 Å². The molecule has 1 aliphatic heterocycles. The van der Waals surface area contributed by atoms with Gasteiger partial charge in [-0.2, -0.15) is 0 Å². The maximum atomic E-state index is 13.0. The Balaban J connectivity index is 1.75. The summed E-state index contributed by atoms with van der Waals surface area (Å²) in [4.78, 5) is 40.5. The van der Waals surface area contributed by atoms with E-state index in [0.29, 0.717) is 17.1 Å². The molecule has 0 aliphatic carbocycles. The number of carbonyl (C=O) groups is 3. The van der Waals surface area contributed by atoms with Crippen molar-refractivity contribution >= 4 is 29.4 Å². The number of aryl methyl sites for hydroxylation is 1. The first kappa shape index (κ1) is 19.9. The highest BCUT2D eigenvalue weighted by Gasteiger charge is 2.50. The predicted molar refractivity (Wildman–Crippen MR) is 107 cm³/mol. The van der Waals surface area contributed by atoms with Gasteiger partial charge < -0.3 is 10.2 Å². The molecule has 2 aromatic rings. The van der Waals surface area contributed by atoms with Crippen LogP contribution in [0.1, 0.15) is 23.6 Å². The maximum Gasteiger partial charge on any atom is 0.325 e. The Hall–Kier alpha value is -2.86. The SMILES string of the molecule is Cc1ccccc1CN(C)C(=O)CN1C(=O)NC(C)(c2ccccc2Cl)C1=O. The van der Waals surface area contributed by atoms with Crippen molar-refractivity contribution in [2.45, 2.75) is 25.9 Å². The van der Waals surface area contributed by atoms with Crippen LogP contribution in [0.5, 0.6) is 0 Å². The van der Waals surface area contributed by atoms with E-state index in [0.717, 1.165) is 16.0 Å². The fourth-order valence-corrected chi connectivity index (χ4v) is 3.60. The zero-order chi connectivity index (χ0) is 20.5. The monoisotopic (exact) mass is 399 g/mol. The van der Waals surface area contributed by atoms with Gasteiger partial charge in [0, 0.05) is 24.2 Å². The van der Waals surface area contributed by atoms with E-state index in [1.165, 1.54) is 4.90 Å². The van der Waals surface area contributed by atoms with E-state index < -0.39 is 17.5 Å². The van der Waals surface area contributed by atoms with Gasteiger partial charge in [-0.05, 0) is 31.0 Å². The summed E-state index contributed by atoms with van der Waals surface area (Å²) in [5.41, 5.74) is 1.28. The Morgan fingerprint density at radius 3 is 2.46 bits per heavy atom. The van der Waals surface area contributed by atoms with Crippen molar-refractivity contribution in [3.63, 3.8) is 0 Å². The topological polar surface area (TPSA) is 69.7 Å². The van der Waals surface area contributed by atoms with Gasteiger partial charge in [-0.15, -0.1) is 0 Å². The lowest BCUT2D eigenvalue weighted by Crippen LogP contribution is -2.43. The molecule has 2 aromatic carbocycles. The van der Waals surface area contributed by atoms with Gasteiger partial charge in [0.1, 0.15) is 12.1 Å². The van der Waals surface area contributed by atoms with E-state index in [1.54, 1.807) is 38.2 Å². The van der Waals surface area contributed by atoms with Crippen molar-refractivity contribution in [1.82, 2.24) is 15.1 Å². The first-order valence-electron chi connectivity index (χ1n) is 8.91. The zero-order valence-corrected chi connectivity index (χ0v) is 16.8. The van der Waals surface area contributed by atoms with Crippen LogP contribution >= 0.6 is 11.6 Å². The van der Waals surface area contributed by atoms with Gasteiger partial charge in [0.05, 0.1) is 0 Å². The van der Waals surface area contributed by atoms with Crippen LogP contribution in [0.3, 0.4) is 0 Å². The lowest BCUT2D eigenvalue weighted by molar-refractivity contribution is -0.138. The molecular formula is C21H22ClN3O3. The van der Waals surface area contributed by atoms with E-state index in [9.17, 15) is 14.4 Å². The summed E-state index contributed by atoms with van der Waals surface area (Å²) in [6, 6.07) is 14.0. The Bertz CT molecular complexity index is 946. The van der Waals surface area contributed by atoms with Gasteiger partial charge in [0.2, 0.25) is 5.91 Å². The third kappa shape index (κ3) is 3.60. The fourth-order valence-electron chi connectivity index (χ4n) is 3.28. The molecule has 0 spiro atoms. The second kappa shape index (κ2) is 7.64. The maximum absolute atomic E-state index is 13.0. The molecule has 0 radical (unpaired) electrons. The molecule has 1 fully saturated rings. The smallest absolute Gasteiger partial charge is 0.325 e. The van der Waals surface area contributed by atoms with Gasteiger partial charge in [0.25, 0.3) is 5.91 Å². The van der Waals surface area contributed by atoms with Gasteiger partial charge in [-0.25, -0.2) is 4.79 Å². The second-order valence-corrected chi connectivity index (χ2v) is 7.51. The number of nitrogens with zero attached hydrogens (tertiary/aromatic N) is 2. The number of likely N-dealkylation sites (N-methyl/N-ethyl adjacent to an activating group) is 1. The third-order valence-corrected chi connectivity index (χ3v) is 5.40. The fraction of sp³-hybridized carbons (Fsp3) is 0.286. The number of carbonyl (C=O) groups excluding carboxylic acids is 3. The minimum atomic E-state index is -1.30. The van der Waals surface area contributed by atoms with Gasteiger partial charge >= 0.3 is 6.03 Å². The largest absolute Gasteiger partial charge is 0.340 e. The van der Waals surface area contributed by atoms with Crippen molar-refractivity contribution in [2.75, 3.05) is 13.6 Å². The number of amides is 4. The van der Waals surface area contributed by atoms with Gasteiger partial charge in [0.15, 0.2) is 0 Å². The van der Waals surface area contributed by atoms with E-state index in [1.807, 2.05) is 31.2 Å². The summed E-state index contributed by atoms with van der Waals surface area (Å²) >= 11 is 6.22. The molecule has 28 heavy (non-hydrogen) atoms. The average Bonchev–Trinajstić information content (AvgIpc) is 2.87. The van der Waals surface area contributed by atoms with E-state index in [4.69, 9.17) is 11.6 Å². The molecule has 1 heterocycles. The minimum absolute atomic E-state index is 0.324. The van der Waals surface area contributed by atoms with Gasteiger partial charge in [-0.3, -0.25) is 14.5 Å². The molecule has 1 saturated heterocycles. The molecule has 1 aliphatic rings. The molecule has 7 heteroatoms. The van der Waals surface area contributed by atoms with Crippen molar-refractivity contribution in [3.05, 3.63) is 70.2 Å². The van der Waals surface area contributed by atoms with Crippen LogP contribution in [0.4, 0.5) is 4.79 Å². The average molecular weight is 400 g/mol. The third-order valence-electron chi connectivity index (χ3n) is 5.08. The summed E-state index contributed by atoms with van der Waals surface area (Å²) in [6.07, 6.45) is 0. The van der Waals surface area contributed by atoms with Crippen molar-refractivity contribution < 1.29 is 14.4 Å². The van der Waals surface area contributed by atoms with Crippen molar-refractivity contribution in [3.8, 4) is 0 Å². The molecule has 1 atom stereocenters. The molecule has 1 N–H and O–H groups in total. The van der Waals surface area contributed by atoms with Crippen LogP contribution < -0.4 is 5.32 Å². The lowest BCUT2D eigenvalue weighted by atomic mass is 9.92. The van der Waals surface area contributed by atoms with E-state index in [2.05, 4.69) is 5.32 Å². The van der Waals surface area contributed by atoms with Crippen LogP contribution in [-0.2, 0) is 21.7 Å². The molecule has 0 aromatic heterocycles. The Labute approximate surface area is 169 Å². The summed E-state index contributed by atoms with van der Waals surface area (Å²) in [6.45, 7) is 3.64. The highest BCUT2D eigenvalue weighted by Crippen LogP contribution is 2.33. The number of imide groups is 1. The highest BCUT2D eigenvalue weighted by atomic mass is 35.5. The quantitative estimate of drug-likeness (QED) is 0.785. The summed E-state index contributed by atoms with van der Waals surface area (Å²) in [5.74, 6) is -0.821. The predicted octanol–water partition coefficient (Wildman–Crippen LogP) is 3.07. The number of rotatable bonds is 5. The second-order valence-electron chi connectivity index (χ2n) is 7.10. The number of benzene rings is 2. The highest BCUT2D eigenvalue weighted by molar-refractivity contribution is 6.32. The molecule has 6 nitrogen and oxygen atoms in total. The molecule has 4 amide bonds. The lowest BCUT2D eigenvalue weighted by Gasteiger charge is -2.24. The van der Waals surface area contributed by atoms with Crippen LogP contribution in [0.2, 0.25) is 5.02 Å². The van der Waals surface area contributed by atoms with E-state index >= 15 is 0 Å². The van der Waals surface area contributed by atoms with Gasteiger partial charge in [-0.1, -0.05) is 54.1 Å². The van der Waals surface area contributed by atoms with Crippen LogP contribution in [0.15, 0.2) is 48.5 Å². The standard InChI is InChI=1S/C21H22ClN3O3/c1-14-8-4-5-9-15(14)12-24(3)18(26)13-25-19(27)21(2,23-20(25)28)16-10-6-7-11-17(16)22/h4-11H,12-13H2,1-3H3,(H,23,28). The molecule has 0 bridgehead atoms. The zero-order valence-electron chi connectivity index (χ0n) is 16.0. The number of nitrogens with one attached hydrogen (secondary N) is 1. The molecular weight excluding hydrogens is 378 g/mol. The summed E-state index contributed by atoms with van der Waals surface area (Å²) in [5, 5.41) is 3.05. The van der Waals surface area contributed by atoms with Crippen molar-refractivity contribution in [1.29, 1.82) is 0 Å². The Kier molecular flexibility index (Phi) is 5.42. The number of hydrogen-bond acceptors (Lipinski definition) is 3. The molecule has 1 unspecified atom stereocenters. The Morgan fingerprint density at radius 2 is 1.79 bits per heavy atom. The normalized spacial score (nSPS) is 18.9. The molecule has 0 saturated carbocycles. The first-order valence-corrected chi connectivity index (χ1v) is 9.29. The summed E-state index contributed by atoms with van der Waals surface area (Å²) < 4.78 is 0. The minimum Gasteiger partial charge on any atom is -0.340 e. The number of hydrogen-bond donors (Lipinski definition) is 1. The van der Waals surface area contributed by atoms with Crippen LogP contribution in [-0.4, -0.2) is 41.2 Å². The molecule has 3 rings (SSSR count). The summed E-state index contributed by atoms with van der Waals surface area (Å²) in [7, 11) is 1.65. The van der Waals surface area contributed by atoms with Crippen molar-refractivity contribution in [2.24, 2.45) is 0 Å². The first-order chi connectivity index (χ1) is 13.2. The number of urea groups is 1. The van der Waals surface area contributed by atoms with E-state index in [-0.39, 0.29) is 12.5 Å². The van der Waals surface area contributed by atoms with Crippen LogP contribution in [0, 0.1) is 6.92 Å². The Morgan fingerprint density at radius 1 is 1.14 bits per heavy atom. The number of halogens is 1.